The molecule has 0 bridgehead atoms. The Hall–Kier alpha value is -1.38. The van der Waals surface area contributed by atoms with Gasteiger partial charge in [-0.05, 0) is 6.42 Å². The molecule has 1 rings (SSSR count). The van der Waals surface area contributed by atoms with Crippen molar-refractivity contribution in [3.8, 4) is 0 Å². The molecule has 64 valence electrons. The van der Waals surface area contributed by atoms with Crippen LogP contribution in [0.3, 0.4) is 0 Å². The molecule has 3 nitrogen and oxygen atoms in total. The highest BCUT2D eigenvalue weighted by molar-refractivity contribution is 5.05. The molecule has 1 unspecified atom stereocenters. The van der Waals surface area contributed by atoms with Gasteiger partial charge in [-0.2, -0.15) is 0 Å². The molecule has 12 heavy (non-hydrogen) atoms. The van der Waals surface area contributed by atoms with E-state index >= 15 is 0 Å². The molecular formula is C9H12N2O. The molecule has 0 amide bonds. The molecule has 0 saturated carbocycles. The largest absolute Gasteiger partial charge is 0.313 e. The maximum absolute atomic E-state index is 10.9. The third-order valence-electron chi connectivity index (χ3n) is 1.72. The predicted octanol–water partition coefficient (Wildman–Crippen LogP) is 1.45. The van der Waals surface area contributed by atoms with Crippen LogP contribution in [0.4, 0.5) is 0 Å². The Morgan fingerprint density at radius 1 is 1.83 bits per heavy atom. The molecule has 1 N–H and O–H groups in total. The Labute approximate surface area is 71.2 Å². The molecule has 1 atom stereocenters. The molecule has 0 radical (unpaired) electrons. The predicted molar refractivity (Wildman–Crippen MR) is 48.1 cm³/mol. The normalized spacial score (nSPS) is 12.4. The standard InChI is InChI=1S/C9H12N2O/c1-3-4-7(2)8-5-9(12)11-6-10-8/h3,5-7H,1,4H2,2H3,(H,10,11,12). The average Bonchev–Trinajstić information content (AvgIpc) is 2.05. The highest BCUT2D eigenvalue weighted by Gasteiger charge is 2.04. The van der Waals surface area contributed by atoms with Gasteiger partial charge in [0.05, 0.1) is 12.0 Å². The van der Waals surface area contributed by atoms with Crippen molar-refractivity contribution in [2.75, 3.05) is 0 Å². The van der Waals surface area contributed by atoms with Crippen LogP contribution < -0.4 is 5.56 Å². The summed E-state index contributed by atoms with van der Waals surface area (Å²) < 4.78 is 0. The summed E-state index contributed by atoms with van der Waals surface area (Å²) in [5.74, 6) is 0.268. The van der Waals surface area contributed by atoms with Crippen molar-refractivity contribution in [3.05, 3.63) is 41.1 Å². The second-order valence-electron chi connectivity index (χ2n) is 2.76. The smallest absolute Gasteiger partial charge is 0.250 e. The van der Waals surface area contributed by atoms with Crippen LogP contribution in [0.1, 0.15) is 25.0 Å². The van der Waals surface area contributed by atoms with Crippen LogP contribution in [-0.4, -0.2) is 9.97 Å². The third-order valence-corrected chi connectivity index (χ3v) is 1.72. The van der Waals surface area contributed by atoms with Crippen LogP contribution in [0.5, 0.6) is 0 Å². The molecule has 0 aliphatic carbocycles. The van der Waals surface area contributed by atoms with E-state index in [9.17, 15) is 4.79 Å². The lowest BCUT2D eigenvalue weighted by molar-refractivity contribution is 0.742. The lowest BCUT2D eigenvalue weighted by Crippen LogP contribution is -2.08. The van der Waals surface area contributed by atoms with Crippen molar-refractivity contribution in [1.82, 2.24) is 9.97 Å². The van der Waals surface area contributed by atoms with Crippen LogP contribution in [0, 0.1) is 0 Å². The molecule has 0 aliphatic rings. The van der Waals surface area contributed by atoms with Crippen LogP contribution >= 0.6 is 0 Å². The Morgan fingerprint density at radius 2 is 2.58 bits per heavy atom. The van der Waals surface area contributed by atoms with E-state index in [-0.39, 0.29) is 11.5 Å². The van der Waals surface area contributed by atoms with Crippen LogP contribution in [0.2, 0.25) is 0 Å². The van der Waals surface area contributed by atoms with Crippen LogP contribution in [0.25, 0.3) is 0 Å². The Bertz CT molecular complexity index is 316. The number of nitrogens with zero attached hydrogens (tertiary/aromatic N) is 1. The van der Waals surface area contributed by atoms with Gasteiger partial charge in [-0.25, -0.2) is 4.98 Å². The first-order valence-electron chi connectivity index (χ1n) is 3.89. The number of hydrogen-bond acceptors (Lipinski definition) is 2. The van der Waals surface area contributed by atoms with Gasteiger partial charge in [0.25, 0.3) is 5.56 Å². The van der Waals surface area contributed by atoms with Gasteiger partial charge < -0.3 is 4.98 Å². The second-order valence-corrected chi connectivity index (χ2v) is 2.76. The minimum absolute atomic E-state index is 0.101. The summed E-state index contributed by atoms with van der Waals surface area (Å²) in [4.78, 5) is 17.4. The van der Waals surface area contributed by atoms with Gasteiger partial charge in [0.2, 0.25) is 0 Å². The van der Waals surface area contributed by atoms with Crippen molar-refractivity contribution in [3.63, 3.8) is 0 Å². The Kier molecular flexibility index (Phi) is 2.80. The minimum atomic E-state index is -0.101. The van der Waals surface area contributed by atoms with Crippen molar-refractivity contribution in [2.24, 2.45) is 0 Å². The molecule has 0 aromatic carbocycles. The Balaban J connectivity index is 2.87. The lowest BCUT2D eigenvalue weighted by Gasteiger charge is -2.05. The average molecular weight is 164 g/mol. The van der Waals surface area contributed by atoms with Gasteiger partial charge in [-0.3, -0.25) is 4.79 Å². The molecule has 1 aromatic rings. The topological polar surface area (TPSA) is 45.8 Å². The first-order valence-corrected chi connectivity index (χ1v) is 3.89. The fourth-order valence-corrected chi connectivity index (χ4v) is 1.02. The number of aromatic amines is 1. The van der Waals surface area contributed by atoms with E-state index in [1.807, 2.05) is 13.0 Å². The number of H-pyrrole nitrogens is 1. The van der Waals surface area contributed by atoms with E-state index in [1.54, 1.807) is 0 Å². The highest BCUT2D eigenvalue weighted by atomic mass is 16.1. The third kappa shape index (κ3) is 2.05. The summed E-state index contributed by atoms with van der Waals surface area (Å²) in [6.45, 7) is 5.65. The van der Waals surface area contributed by atoms with Crippen molar-refractivity contribution >= 4 is 0 Å². The lowest BCUT2D eigenvalue weighted by atomic mass is 10.0. The molecule has 1 heterocycles. The first kappa shape index (κ1) is 8.71. The number of nitrogens with one attached hydrogen (secondary N) is 1. The number of rotatable bonds is 3. The fraction of sp³-hybridized carbons (Fsp3) is 0.333. The second kappa shape index (κ2) is 3.85. The molecule has 0 spiro atoms. The first-order chi connectivity index (χ1) is 5.74. The monoisotopic (exact) mass is 164 g/mol. The molecule has 0 aliphatic heterocycles. The highest BCUT2D eigenvalue weighted by Crippen LogP contribution is 2.13. The van der Waals surface area contributed by atoms with E-state index in [1.165, 1.54) is 12.4 Å². The number of hydrogen-bond donors (Lipinski definition) is 1. The quantitative estimate of drug-likeness (QED) is 0.687. The fourth-order valence-electron chi connectivity index (χ4n) is 1.02. The Morgan fingerprint density at radius 3 is 3.17 bits per heavy atom. The van der Waals surface area contributed by atoms with Gasteiger partial charge >= 0.3 is 0 Å². The summed E-state index contributed by atoms with van der Waals surface area (Å²) in [5, 5.41) is 0. The zero-order valence-corrected chi connectivity index (χ0v) is 7.08. The summed E-state index contributed by atoms with van der Waals surface area (Å²) in [6, 6.07) is 1.52. The van der Waals surface area contributed by atoms with Gasteiger partial charge in [0.15, 0.2) is 0 Å². The molecule has 0 fully saturated rings. The maximum atomic E-state index is 10.9. The van der Waals surface area contributed by atoms with Gasteiger partial charge in [-0.1, -0.05) is 13.0 Å². The number of allylic oxidation sites excluding steroid dienone is 1. The molecule has 3 heteroatoms. The van der Waals surface area contributed by atoms with Gasteiger partial charge in [0, 0.05) is 12.0 Å². The van der Waals surface area contributed by atoms with Crippen molar-refractivity contribution in [2.45, 2.75) is 19.3 Å². The van der Waals surface area contributed by atoms with E-state index in [4.69, 9.17) is 0 Å². The zero-order chi connectivity index (χ0) is 8.97. The summed E-state index contributed by atoms with van der Waals surface area (Å²) >= 11 is 0. The summed E-state index contributed by atoms with van der Waals surface area (Å²) in [6.07, 6.45) is 4.10. The van der Waals surface area contributed by atoms with Crippen LogP contribution in [-0.2, 0) is 0 Å². The van der Waals surface area contributed by atoms with Crippen molar-refractivity contribution in [1.29, 1.82) is 0 Å². The summed E-state index contributed by atoms with van der Waals surface area (Å²) in [7, 11) is 0. The number of aromatic nitrogens is 2. The van der Waals surface area contributed by atoms with E-state index in [0.29, 0.717) is 0 Å². The van der Waals surface area contributed by atoms with Gasteiger partial charge in [-0.15, -0.1) is 6.58 Å². The molecule has 1 aromatic heterocycles. The van der Waals surface area contributed by atoms with E-state index in [2.05, 4.69) is 16.5 Å². The van der Waals surface area contributed by atoms with Crippen molar-refractivity contribution < 1.29 is 0 Å². The summed E-state index contributed by atoms with van der Waals surface area (Å²) in [5.41, 5.74) is 0.717. The molecular weight excluding hydrogens is 152 g/mol. The SMILES string of the molecule is C=CCC(C)c1cc(=O)[nH]cn1. The van der Waals surface area contributed by atoms with E-state index in [0.717, 1.165) is 12.1 Å². The van der Waals surface area contributed by atoms with Gasteiger partial charge in [0.1, 0.15) is 0 Å². The van der Waals surface area contributed by atoms with Crippen LogP contribution in [0.15, 0.2) is 29.8 Å². The molecule has 0 saturated heterocycles. The minimum Gasteiger partial charge on any atom is -0.313 e. The van der Waals surface area contributed by atoms with E-state index < -0.39 is 0 Å². The maximum Gasteiger partial charge on any atom is 0.250 e. The zero-order valence-electron chi connectivity index (χ0n) is 7.08.